The van der Waals surface area contributed by atoms with Crippen molar-refractivity contribution in [1.82, 2.24) is 9.55 Å². The molecule has 0 bridgehead atoms. The first-order valence-corrected chi connectivity index (χ1v) is 11.3. The third-order valence-corrected chi connectivity index (χ3v) is 6.41. The molecule has 1 N–H and O–H groups in total. The van der Waals surface area contributed by atoms with Crippen LogP contribution in [0.1, 0.15) is 5.69 Å². The van der Waals surface area contributed by atoms with Gasteiger partial charge in [-0.1, -0.05) is 35.9 Å². The van der Waals surface area contributed by atoms with Crippen LogP contribution in [0.15, 0.2) is 84.1 Å². The van der Waals surface area contributed by atoms with E-state index in [4.69, 9.17) is 16.3 Å². The van der Waals surface area contributed by atoms with Gasteiger partial charge in [0.25, 0.3) is 10.0 Å². The van der Waals surface area contributed by atoms with E-state index in [9.17, 15) is 8.42 Å². The van der Waals surface area contributed by atoms with E-state index in [1.165, 1.54) is 7.11 Å². The monoisotopic (exact) mass is 453 g/mol. The number of nitrogens with zero attached hydrogens (tertiary/aromatic N) is 2. The van der Waals surface area contributed by atoms with Crippen LogP contribution >= 0.6 is 11.6 Å². The maximum atomic E-state index is 12.9. The van der Waals surface area contributed by atoms with Gasteiger partial charge in [0.15, 0.2) is 0 Å². The summed E-state index contributed by atoms with van der Waals surface area (Å²) in [5, 5.41) is 0.650. The number of ether oxygens (including phenoxy) is 1. The summed E-state index contributed by atoms with van der Waals surface area (Å²) in [7, 11) is -2.23. The molecule has 0 radical (unpaired) electrons. The third kappa shape index (κ3) is 4.57. The molecule has 31 heavy (non-hydrogen) atoms. The van der Waals surface area contributed by atoms with Gasteiger partial charge < -0.3 is 9.30 Å². The summed E-state index contributed by atoms with van der Waals surface area (Å²) in [5.41, 5.74) is 3.89. The summed E-state index contributed by atoms with van der Waals surface area (Å²) in [6.07, 6.45) is 3.54. The average molecular weight is 454 g/mol. The van der Waals surface area contributed by atoms with Crippen molar-refractivity contribution < 1.29 is 13.2 Å². The highest BCUT2D eigenvalue weighted by Gasteiger charge is 2.16. The standard InChI is InChI=1S/C23H20ClN3O3S/c1-16-14-27(15-25-16)22-12-9-20(13-23(22)30-2)26-31(28,29)21-10-5-18(6-11-21)17-3-7-19(24)8-4-17/h3-15,26H,1-2H3. The SMILES string of the molecule is COc1cc(NS(=O)(=O)c2ccc(-c3ccc(Cl)cc3)cc2)ccc1-n1cnc(C)c1. The number of aryl methyl sites for hydroxylation is 1. The van der Waals surface area contributed by atoms with Crippen LogP contribution in [-0.2, 0) is 10.0 Å². The van der Waals surface area contributed by atoms with Gasteiger partial charge in [-0.25, -0.2) is 13.4 Å². The van der Waals surface area contributed by atoms with E-state index in [1.54, 1.807) is 60.9 Å². The van der Waals surface area contributed by atoms with Crippen LogP contribution in [0.3, 0.4) is 0 Å². The molecule has 0 unspecified atom stereocenters. The number of hydrogen-bond acceptors (Lipinski definition) is 4. The Morgan fingerprint density at radius 1 is 0.968 bits per heavy atom. The van der Waals surface area contributed by atoms with E-state index in [0.717, 1.165) is 22.5 Å². The lowest BCUT2D eigenvalue weighted by Crippen LogP contribution is -2.13. The van der Waals surface area contributed by atoms with Gasteiger partial charge in [0.05, 0.1) is 35.4 Å². The largest absolute Gasteiger partial charge is 0.494 e. The number of halogens is 1. The zero-order valence-corrected chi connectivity index (χ0v) is 18.5. The third-order valence-electron chi connectivity index (χ3n) is 4.76. The lowest BCUT2D eigenvalue weighted by atomic mass is 10.1. The lowest BCUT2D eigenvalue weighted by molar-refractivity contribution is 0.413. The van der Waals surface area contributed by atoms with Gasteiger partial charge in [-0.2, -0.15) is 0 Å². The Bertz CT molecular complexity index is 1320. The Labute approximate surface area is 186 Å². The van der Waals surface area contributed by atoms with Crippen molar-refractivity contribution in [1.29, 1.82) is 0 Å². The average Bonchev–Trinajstić information content (AvgIpc) is 3.20. The Kier molecular flexibility index (Phi) is 5.71. The van der Waals surface area contributed by atoms with Crippen molar-refractivity contribution in [2.24, 2.45) is 0 Å². The molecular weight excluding hydrogens is 434 g/mol. The van der Waals surface area contributed by atoms with E-state index in [1.807, 2.05) is 29.8 Å². The van der Waals surface area contributed by atoms with Gasteiger partial charge in [-0.15, -0.1) is 0 Å². The number of nitrogens with one attached hydrogen (secondary N) is 1. The van der Waals surface area contributed by atoms with Crippen molar-refractivity contribution >= 4 is 27.3 Å². The summed E-state index contributed by atoms with van der Waals surface area (Å²) in [6, 6.07) is 19.2. The number of benzene rings is 3. The molecule has 0 saturated carbocycles. The highest BCUT2D eigenvalue weighted by atomic mass is 35.5. The second-order valence-electron chi connectivity index (χ2n) is 6.95. The highest BCUT2D eigenvalue weighted by molar-refractivity contribution is 7.92. The minimum absolute atomic E-state index is 0.165. The first kappa shape index (κ1) is 21.0. The summed E-state index contributed by atoms with van der Waals surface area (Å²) in [4.78, 5) is 4.38. The smallest absolute Gasteiger partial charge is 0.261 e. The minimum atomic E-state index is -3.76. The number of sulfonamides is 1. The van der Waals surface area contributed by atoms with Crippen molar-refractivity contribution in [3.8, 4) is 22.6 Å². The van der Waals surface area contributed by atoms with Crippen molar-refractivity contribution in [3.05, 3.63) is 90.0 Å². The fourth-order valence-corrected chi connectivity index (χ4v) is 4.37. The molecule has 6 nitrogen and oxygen atoms in total. The predicted octanol–water partition coefficient (Wildman–Crippen LogP) is 5.31. The van der Waals surface area contributed by atoms with Gasteiger partial charge in [0.2, 0.25) is 0 Å². The summed E-state index contributed by atoms with van der Waals surface area (Å²) >= 11 is 5.93. The van der Waals surface area contributed by atoms with Crippen LogP contribution < -0.4 is 9.46 Å². The van der Waals surface area contributed by atoms with Gasteiger partial charge in [-0.3, -0.25) is 4.72 Å². The van der Waals surface area contributed by atoms with Crippen molar-refractivity contribution in [2.45, 2.75) is 11.8 Å². The predicted molar refractivity (Wildman–Crippen MR) is 123 cm³/mol. The van der Waals surface area contributed by atoms with Crippen molar-refractivity contribution in [3.63, 3.8) is 0 Å². The van der Waals surface area contributed by atoms with E-state index in [-0.39, 0.29) is 4.90 Å². The molecule has 0 saturated heterocycles. The Morgan fingerprint density at radius 2 is 1.61 bits per heavy atom. The topological polar surface area (TPSA) is 73.2 Å². The molecule has 0 fully saturated rings. The summed E-state index contributed by atoms with van der Waals surface area (Å²) in [5.74, 6) is 0.524. The van der Waals surface area contributed by atoms with Crippen LogP contribution in [0.25, 0.3) is 16.8 Å². The summed E-state index contributed by atoms with van der Waals surface area (Å²) in [6.45, 7) is 1.89. The molecule has 0 spiro atoms. The molecule has 0 aliphatic rings. The van der Waals surface area contributed by atoms with Crippen LogP contribution in [-0.4, -0.2) is 25.1 Å². The van der Waals surface area contributed by atoms with Gasteiger partial charge in [0.1, 0.15) is 5.75 Å². The molecule has 0 aliphatic carbocycles. The maximum Gasteiger partial charge on any atom is 0.261 e. The number of hydrogen-bond donors (Lipinski definition) is 1. The number of methoxy groups -OCH3 is 1. The fourth-order valence-electron chi connectivity index (χ4n) is 3.19. The number of rotatable bonds is 6. The van der Waals surface area contributed by atoms with Gasteiger partial charge in [0, 0.05) is 17.3 Å². The second-order valence-corrected chi connectivity index (χ2v) is 9.06. The number of anilines is 1. The van der Waals surface area contributed by atoms with Crippen LogP contribution in [0.5, 0.6) is 5.75 Å². The molecule has 3 aromatic carbocycles. The Morgan fingerprint density at radius 3 is 2.19 bits per heavy atom. The summed E-state index contributed by atoms with van der Waals surface area (Å²) < 4.78 is 35.6. The van der Waals surface area contributed by atoms with Gasteiger partial charge >= 0.3 is 0 Å². The van der Waals surface area contributed by atoms with Crippen molar-refractivity contribution in [2.75, 3.05) is 11.8 Å². The molecule has 158 valence electrons. The molecule has 4 rings (SSSR count). The first-order valence-electron chi connectivity index (χ1n) is 9.43. The molecule has 1 heterocycles. The lowest BCUT2D eigenvalue weighted by Gasteiger charge is -2.13. The molecule has 0 aliphatic heterocycles. The van der Waals surface area contributed by atoms with E-state index in [2.05, 4.69) is 9.71 Å². The molecule has 0 amide bonds. The van der Waals surface area contributed by atoms with Crippen LogP contribution in [0.2, 0.25) is 5.02 Å². The number of aromatic nitrogens is 2. The molecular formula is C23H20ClN3O3S. The Balaban J connectivity index is 1.57. The van der Waals surface area contributed by atoms with E-state index >= 15 is 0 Å². The van der Waals surface area contributed by atoms with E-state index < -0.39 is 10.0 Å². The number of imidazole rings is 1. The fraction of sp³-hybridized carbons (Fsp3) is 0.0870. The zero-order chi connectivity index (χ0) is 22.0. The second kappa shape index (κ2) is 8.45. The maximum absolute atomic E-state index is 12.9. The molecule has 4 aromatic rings. The molecule has 8 heteroatoms. The highest BCUT2D eigenvalue weighted by Crippen LogP contribution is 2.29. The minimum Gasteiger partial charge on any atom is -0.494 e. The molecule has 0 atom stereocenters. The van der Waals surface area contributed by atoms with Crippen LogP contribution in [0.4, 0.5) is 5.69 Å². The van der Waals surface area contributed by atoms with E-state index in [0.29, 0.717) is 16.5 Å². The van der Waals surface area contributed by atoms with Gasteiger partial charge in [-0.05, 0) is 54.4 Å². The quantitative estimate of drug-likeness (QED) is 0.429. The normalized spacial score (nSPS) is 11.3. The molecule has 1 aromatic heterocycles. The first-order chi connectivity index (χ1) is 14.9. The Hall–Kier alpha value is -3.29. The van der Waals surface area contributed by atoms with Crippen LogP contribution in [0, 0.1) is 6.92 Å². The zero-order valence-electron chi connectivity index (χ0n) is 16.9.